The molecule has 0 aliphatic carbocycles. The van der Waals surface area contributed by atoms with Crippen LogP contribution >= 0.6 is 0 Å². The molecule has 1 unspecified atom stereocenters. The molecule has 0 fully saturated rings. The van der Waals surface area contributed by atoms with E-state index in [0.29, 0.717) is 10.8 Å². The third kappa shape index (κ3) is 4.32. The maximum absolute atomic E-state index is 13.2. The van der Waals surface area contributed by atoms with E-state index in [9.17, 15) is 23.1 Å². The van der Waals surface area contributed by atoms with Crippen molar-refractivity contribution in [2.75, 3.05) is 6.61 Å². The van der Waals surface area contributed by atoms with E-state index < -0.39 is 42.0 Å². The molecule has 0 spiro atoms. The molecule has 5 nitrogen and oxygen atoms in total. The van der Waals surface area contributed by atoms with E-state index in [0.717, 1.165) is 11.1 Å². The van der Waals surface area contributed by atoms with Gasteiger partial charge in [0.1, 0.15) is 11.5 Å². The number of carbonyl (C=O) groups excluding carboxylic acids is 1. The van der Waals surface area contributed by atoms with Gasteiger partial charge in [-0.2, -0.15) is 23.3 Å². The zero-order chi connectivity index (χ0) is 21.5. The van der Waals surface area contributed by atoms with Crippen LogP contribution < -0.4 is 4.74 Å². The SMILES string of the molecule is Cc1ccc(C(C)C)c(OCC(=O)N2N=C(C(F)(F)F)CC2(O)C(C)(C)C)c1. The minimum Gasteiger partial charge on any atom is -0.483 e. The summed E-state index contributed by atoms with van der Waals surface area (Å²) in [4.78, 5) is 12.7. The Labute approximate surface area is 163 Å². The molecule has 1 atom stereocenters. The third-order valence-electron chi connectivity index (χ3n) is 4.89. The van der Waals surface area contributed by atoms with E-state index >= 15 is 0 Å². The Morgan fingerprint density at radius 3 is 2.43 bits per heavy atom. The van der Waals surface area contributed by atoms with Crippen LogP contribution in [0.25, 0.3) is 0 Å². The van der Waals surface area contributed by atoms with Crippen molar-refractivity contribution >= 4 is 11.6 Å². The van der Waals surface area contributed by atoms with Crippen molar-refractivity contribution in [2.45, 2.75) is 65.8 Å². The van der Waals surface area contributed by atoms with Crippen molar-refractivity contribution in [3.05, 3.63) is 29.3 Å². The van der Waals surface area contributed by atoms with Crippen molar-refractivity contribution in [1.82, 2.24) is 5.01 Å². The number of ether oxygens (including phenoxy) is 1. The van der Waals surface area contributed by atoms with Gasteiger partial charge in [-0.3, -0.25) is 4.79 Å². The van der Waals surface area contributed by atoms with Crippen molar-refractivity contribution in [2.24, 2.45) is 10.5 Å². The van der Waals surface area contributed by atoms with Crippen LogP contribution in [0.5, 0.6) is 5.75 Å². The van der Waals surface area contributed by atoms with Gasteiger partial charge in [-0.1, -0.05) is 46.8 Å². The fourth-order valence-corrected chi connectivity index (χ4v) is 2.99. The molecule has 0 radical (unpaired) electrons. The molecule has 1 aromatic carbocycles. The van der Waals surface area contributed by atoms with E-state index in [4.69, 9.17) is 4.74 Å². The fraction of sp³-hybridized carbons (Fsp3) is 0.600. The maximum atomic E-state index is 13.2. The number of aliphatic hydroxyl groups is 1. The molecule has 1 aromatic rings. The van der Waals surface area contributed by atoms with E-state index in [2.05, 4.69) is 5.10 Å². The summed E-state index contributed by atoms with van der Waals surface area (Å²) in [6.07, 6.45) is -5.51. The van der Waals surface area contributed by atoms with Crippen molar-refractivity contribution in [1.29, 1.82) is 0 Å². The normalized spacial score (nSPS) is 20.5. The Kier molecular flexibility index (Phi) is 5.86. The standard InChI is InChI=1S/C20H27F3N2O3/c1-12(2)14-8-7-13(3)9-15(14)28-11-17(26)25-19(27,18(4,5)6)10-16(24-25)20(21,22)23/h7-9,12,27H,10-11H2,1-6H3. The van der Waals surface area contributed by atoms with Gasteiger partial charge in [0, 0.05) is 11.8 Å². The molecule has 1 N–H and O–H groups in total. The third-order valence-corrected chi connectivity index (χ3v) is 4.89. The monoisotopic (exact) mass is 400 g/mol. The molecule has 8 heteroatoms. The van der Waals surface area contributed by atoms with Crippen molar-refractivity contribution in [3.8, 4) is 5.75 Å². The summed E-state index contributed by atoms with van der Waals surface area (Å²) < 4.78 is 45.1. The number of alkyl halides is 3. The first-order chi connectivity index (χ1) is 12.7. The predicted octanol–water partition coefficient (Wildman–Crippen LogP) is 4.38. The van der Waals surface area contributed by atoms with Gasteiger partial charge in [-0.15, -0.1) is 0 Å². The van der Waals surface area contributed by atoms with Gasteiger partial charge in [0.2, 0.25) is 0 Å². The Hall–Kier alpha value is -2.09. The highest BCUT2D eigenvalue weighted by atomic mass is 19.4. The molecule has 0 saturated carbocycles. The molecule has 156 valence electrons. The topological polar surface area (TPSA) is 62.1 Å². The number of halogens is 3. The fourth-order valence-electron chi connectivity index (χ4n) is 2.99. The van der Waals surface area contributed by atoms with Crippen molar-refractivity contribution < 1.29 is 27.8 Å². The number of amides is 1. The number of aryl methyl sites for hydroxylation is 1. The molecule has 0 saturated heterocycles. The summed E-state index contributed by atoms with van der Waals surface area (Å²) >= 11 is 0. The first-order valence-corrected chi connectivity index (χ1v) is 9.10. The molecular weight excluding hydrogens is 373 g/mol. The van der Waals surface area contributed by atoms with Gasteiger partial charge >= 0.3 is 6.18 Å². The van der Waals surface area contributed by atoms with Crippen LogP contribution in [-0.4, -0.2) is 40.2 Å². The summed E-state index contributed by atoms with van der Waals surface area (Å²) in [5.74, 6) is -0.214. The quantitative estimate of drug-likeness (QED) is 0.816. The second kappa shape index (κ2) is 7.39. The lowest BCUT2D eigenvalue weighted by Gasteiger charge is -2.41. The number of carbonyl (C=O) groups is 1. The van der Waals surface area contributed by atoms with E-state index in [1.807, 2.05) is 32.9 Å². The van der Waals surface area contributed by atoms with Crippen LogP contribution in [0.2, 0.25) is 0 Å². The van der Waals surface area contributed by atoms with E-state index in [-0.39, 0.29) is 5.92 Å². The molecule has 0 aromatic heterocycles. The second-order valence-electron chi connectivity index (χ2n) is 8.48. The Morgan fingerprint density at radius 1 is 1.32 bits per heavy atom. The van der Waals surface area contributed by atoms with E-state index in [1.54, 1.807) is 26.8 Å². The second-order valence-corrected chi connectivity index (χ2v) is 8.48. The Balaban J connectivity index is 2.29. The van der Waals surface area contributed by atoms with Crippen LogP contribution in [0.15, 0.2) is 23.3 Å². The molecule has 28 heavy (non-hydrogen) atoms. The number of hydrogen-bond acceptors (Lipinski definition) is 4. The lowest BCUT2D eigenvalue weighted by molar-refractivity contribution is -0.183. The summed E-state index contributed by atoms with van der Waals surface area (Å²) in [6.45, 7) is 9.95. The first-order valence-electron chi connectivity index (χ1n) is 9.10. The van der Waals surface area contributed by atoms with Crippen LogP contribution in [0.3, 0.4) is 0 Å². The maximum Gasteiger partial charge on any atom is 0.431 e. The Morgan fingerprint density at radius 2 is 1.93 bits per heavy atom. The molecule has 2 rings (SSSR count). The lowest BCUT2D eigenvalue weighted by atomic mass is 9.80. The van der Waals surface area contributed by atoms with Gasteiger partial charge in [0.25, 0.3) is 5.91 Å². The smallest absolute Gasteiger partial charge is 0.431 e. The largest absolute Gasteiger partial charge is 0.483 e. The van der Waals surface area contributed by atoms with Gasteiger partial charge in [0.05, 0.1) is 0 Å². The highest BCUT2D eigenvalue weighted by molar-refractivity contribution is 5.94. The summed E-state index contributed by atoms with van der Waals surface area (Å²) in [5.41, 5.74) is -2.52. The lowest BCUT2D eigenvalue weighted by Crippen LogP contribution is -2.56. The van der Waals surface area contributed by atoms with Gasteiger partial charge < -0.3 is 9.84 Å². The molecule has 1 amide bonds. The number of nitrogens with zero attached hydrogens (tertiary/aromatic N) is 2. The molecular formula is C20H27F3N2O3. The average molecular weight is 400 g/mol. The summed E-state index contributed by atoms with van der Waals surface area (Å²) in [5, 5.41) is 14.9. The zero-order valence-electron chi connectivity index (χ0n) is 17.0. The molecule has 1 aliphatic heterocycles. The predicted molar refractivity (Wildman–Crippen MR) is 100 cm³/mol. The van der Waals surface area contributed by atoms with Gasteiger partial charge in [-0.25, -0.2) is 0 Å². The molecule has 1 aliphatic rings. The number of benzene rings is 1. The first kappa shape index (κ1) is 22.2. The molecule has 0 bridgehead atoms. The minimum atomic E-state index is -4.73. The molecule has 1 heterocycles. The highest BCUT2D eigenvalue weighted by Gasteiger charge is 2.57. The van der Waals surface area contributed by atoms with Crippen LogP contribution in [0.1, 0.15) is 58.1 Å². The highest BCUT2D eigenvalue weighted by Crippen LogP contribution is 2.43. The summed E-state index contributed by atoms with van der Waals surface area (Å²) in [6, 6.07) is 5.58. The average Bonchev–Trinajstić information content (AvgIpc) is 2.91. The van der Waals surface area contributed by atoms with Crippen LogP contribution in [0.4, 0.5) is 13.2 Å². The van der Waals surface area contributed by atoms with Gasteiger partial charge in [0.15, 0.2) is 12.3 Å². The van der Waals surface area contributed by atoms with Crippen LogP contribution in [-0.2, 0) is 4.79 Å². The van der Waals surface area contributed by atoms with Crippen LogP contribution in [0, 0.1) is 12.3 Å². The zero-order valence-corrected chi connectivity index (χ0v) is 17.0. The number of hydrogen-bond donors (Lipinski definition) is 1. The number of rotatable bonds is 4. The van der Waals surface area contributed by atoms with E-state index in [1.165, 1.54) is 0 Å². The number of hydrazone groups is 1. The van der Waals surface area contributed by atoms with Crippen molar-refractivity contribution in [3.63, 3.8) is 0 Å². The van der Waals surface area contributed by atoms with Gasteiger partial charge in [-0.05, 0) is 30.0 Å². The summed E-state index contributed by atoms with van der Waals surface area (Å²) in [7, 11) is 0. The minimum absolute atomic E-state index is 0.138. The Bertz CT molecular complexity index is 782.